The molecule has 0 radical (unpaired) electrons. The molecule has 0 saturated heterocycles. The molecule has 0 aliphatic carbocycles. The van der Waals surface area contributed by atoms with Crippen molar-refractivity contribution in [2.24, 2.45) is 5.73 Å². The predicted molar refractivity (Wildman–Crippen MR) is 77.5 cm³/mol. The van der Waals surface area contributed by atoms with Crippen LogP contribution in [0.1, 0.15) is 5.56 Å². The Morgan fingerprint density at radius 2 is 2.05 bits per heavy atom. The van der Waals surface area contributed by atoms with Crippen molar-refractivity contribution in [1.82, 2.24) is 4.98 Å². The third kappa shape index (κ3) is 2.61. The van der Waals surface area contributed by atoms with Crippen LogP contribution in [0.5, 0.6) is 0 Å². The minimum absolute atomic E-state index is 0.434. The molecule has 0 bridgehead atoms. The van der Waals surface area contributed by atoms with Crippen molar-refractivity contribution in [2.75, 3.05) is 0 Å². The van der Waals surface area contributed by atoms with Gasteiger partial charge in [-0.15, -0.1) is 0 Å². The van der Waals surface area contributed by atoms with Gasteiger partial charge >= 0.3 is 0 Å². The zero-order valence-corrected chi connectivity index (χ0v) is 11.5. The van der Waals surface area contributed by atoms with Crippen molar-refractivity contribution in [2.45, 2.75) is 16.7 Å². The Labute approximate surface area is 119 Å². The highest BCUT2D eigenvalue weighted by Crippen LogP contribution is 2.33. The molecular weight excluding hydrogens is 280 g/mol. The van der Waals surface area contributed by atoms with E-state index in [4.69, 9.17) is 21.8 Å². The van der Waals surface area contributed by atoms with E-state index in [-0.39, 0.29) is 0 Å². The fraction of sp³-hybridized carbons (Fsp3) is 0.0714. The van der Waals surface area contributed by atoms with Gasteiger partial charge in [0.05, 0.1) is 0 Å². The van der Waals surface area contributed by atoms with E-state index in [9.17, 15) is 0 Å². The normalized spacial score (nSPS) is 11.1. The fourth-order valence-electron chi connectivity index (χ4n) is 1.80. The third-order valence-corrected chi connectivity index (χ3v) is 3.92. The first kappa shape index (κ1) is 12.5. The highest BCUT2D eigenvalue weighted by Gasteiger charge is 2.10. The summed E-state index contributed by atoms with van der Waals surface area (Å²) in [6, 6.07) is 13.3. The topological polar surface area (TPSA) is 52.0 Å². The lowest BCUT2D eigenvalue weighted by atomic mass is 10.2. The van der Waals surface area contributed by atoms with Gasteiger partial charge in [0.2, 0.25) is 0 Å². The number of rotatable bonds is 3. The quantitative estimate of drug-likeness (QED) is 0.789. The smallest absolute Gasteiger partial charge is 0.261 e. The standard InChI is InChI=1S/C14H11ClN2OS/c15-10-5-6-13(9(7-10)8-16)19-14-17-11-3-1-2-4-12(11)18-14/h1-7H,8,16H2. The number of aromatic nitrogens is 1. The molecule has 3 nitrogen and oxygen atoms in total. The largest absolute Gasteiger partial charge is 0.431 e. The summed E-state index contributed by atoms with van der Waals surface area (Å²) in [7, 11) is 0. The average molecular weight is 291 g/mol. The zero-order chi connectivity index (χ0) is 13.2. The van der Waals surface area contributed by atoms with Crippen LogP contribution in [0.25, 0.3) is 11.1 Å². The number of halogens is 1. The summed E-state index contributed by atoms with van der Waals surface area (Å²) in [5.74, 6) is 0. The second-order valence-corrected chi connectivity index (χ2v) is 5.44. The summed E-state index contributed by atoms with van der Waals surface area (Å²) in [6.45, 7) is 0.434. The van der Waals surface area contributed by atoms with Crippen molar-refractivity contribution < 1.29 is 4.42 Å². The van der Waals surface area contributed by atoms with Crippen LogP contribution in [0.15, 0.2) is 57.0 Å². The van der Waals surface area contributed by atoms with Crippen LogP contribution < -0.4 is 5.73 Å². The Hall–Kier alpha value is -1.49. The van der Waals surface area contributed by atoms with Gasteiger partial charge in [-0.1, -0.05) is 23.7 Å². The van der Waals surface area contributed by atoms with Gasteiger partial charge in [-0.3, -0.25) is 0 Å². The van der Waals surface area contributed by atoms with E-state index in [2.05, 4.69) is 4.98 Å². The number of nitrogens with two attached hydrogens (primary N) is 1. The lowest BCUT2D eigenvalue weighted by molar-refractivity contribution is 0.489. The highest BCUT2D eigenvalue weighted by molar-refractivity contribution is 7.99. The Morgan fingerprint density at radius 1 is 1.21 bits per heavy atom. The molecule has 3 rings (SSSR count). The molecule has 0 spiro atoms. The third-order valence-electron chi connectivity index (χ3n) is 2.71. The van der Waals surface area contributed by atoms with E-state index in [1.807, 2.05) is 42.5 Å². The Kier molecular flexibility index (Phi) is 3.46. The maximum atomic E-state index is 5.96. The van der Waals surface area contributed by atoms with E-state index < -0.39 is 0 Å². The molecule has 0 amide bonds. The van der Waals surface area contributed by atoms with Crippen molar-refractivity contribution in [1.29, 1.82) is 0 Å². The Balaban J connectivity index is 1.96. The monoisotopic (exact) mass is 290 g/mol. The number of nitrogens with zero attached hydrogens (tertiary/aromatic N) is 1. The molecule has 0 atom stereocenters. The summed E-state index contributed by atoms with van der Waals surface area (Å²) in [6.07, 6.45) is 0. The predicted octanol–water partition coefficient (Wildman–Crippen LogP) is 4.09. The van der Waals surface area contributed by atoms with E-state index in [1.165, 1.54) is 11.8 Å². The molecule has 2 N–H and O–H groups in total. The molecule has 0 unspecified atom stereocenters. The van der Waals surface area contributed by atoms with Gasteiger partial charge < -0.3 is 10.2 Å². The fourth-order valence-corrected chi connectivity index (χ4v) is 2.86. The second-order valence-electron chi connectivity index (χ2n) is 4.01. The van der Waals surface area contributed by atoms with Crippen molar-refractivity contribution in [3.63, 3.8) is 0 Å². The molecule has 2 aromatic carbocycles. The minimum atomic E-state index is 0.434. The summed E-state index contributed by atoms with van der Waals surface area (Å²) in [5, 5.41) is 1.29. The molecule has 96 valence electrons. The van der Waals surface area contributed by atoms with Gasteiger partial charge in [0.1, 0.15) is 5.52 Å². The van der Waals surface area contributed by atoms with Gasteiger partial charge in [0, 0.05) is 16.5 Å². The number of oxazole rings is 1. The van der Waals surface area contributed by atoms with E-state index >= 15 is 0 Å². The van der Waals surface area contributed by atoms with Crippen LogP contribution in [0.4, 0.5) is 0 Å². The van der Waals surface area contributed by atoms with Gasteiger partial charge in [-0.05, 0) is 47.7 Å². The van der Waals surface area contributed by atoms with Gasteiger partial charge in [0.25, 0.3) is 5.22 Å². The Morgan fingerprint density at radius 3 is 2.84 bits per heavy atom. The van der Waals surface area contributed by atoms with E-state index in [1.54, 1.807) is 0 Å². The summed E-state index contributed by atoms with van der Waals surface area (Å²) >= 11 is 7.42. The van der Waals surface area contributed by atoms with Gasteiger partial charge in [-0.2, -0.15) is 0 Å². The summed E-state index contributed by atoms with van der Waals surface area (Å²) in [5.41, 5.74) is 8.35. The lowest BCUT2D eigenvalue weighted by Crippen LogP contribution is -1.98. The maximum absolute atomic E-state index is 5.96. The number of benzene rings is 2. The van der Waals surface area contributed by atoms with Crippen molar-refractivity contribution in [3.8, 4) is 0 Å². The minimum Gasteiger partial charge on any atom is -0.431 e. The first-order valence-corrected chi connectivity index (χ1v) is 6.97. The van der Waals surface area contributed by atoms with E-state index in [0.29, 0.717) is 16.8 Å². The summed E-state index contributed by atoms with van der Waals surface area (Å²) in [4.78, 5) is 5.44. The van der Waals surface area contributed by atoms with Crippen LogP contribution in [0, 0.1) is 0 Å². The van der Waals surface area contributed by atoms with Crippen LogP contribution >= 0.6 is 23.4 Å². The van der Waals surface area contributed by atoms with Gasteiger partial charge in [-0.25, -0.2) is 4.98 Å². The summed E-state index contributed by atoms with van der Waals surface area (Å²) < 4.78 is 5.68. The maximum Gasteiger partial charge on any atom is 0.261 e. The first-order chi connectivity index (χ1) is 9.26. The SMILES string of the molecule is NCc1cc(Cl)ccc1Sc1nc2ccccc2o1. The highest BCUT2D eigenvalue weighted by atomic mass is 35.5. The molecule has 5 heteroatoms. The van der Waals surface area contributed by atoms with Crippen LogP contribution in [-0.2, 0) is 6.54 Å². The van der Waals surface area contributed by atoms with Crippen LogP contribution in [0.3, 0.4) is 0 Å². The number of fused-ring (bicyclic) bond motifs is 1. The molecule has 3 aromatic rings. The molecule has 0 aliphatic heterocycles. The molecular formula is C14H11ClN2OS. The van der Waals surface area contributed by atoms with Crippen LogP contribution in [0.2, 0.25) is 5.02 Å². The number of hydrogen-bond donors (Lipinski definition) is 1. The number of para-hydroxylation sites is 2. The van der Waals surface area contributed by atoms with Crippen molar-refractivity contribution >= 4 is 34.5 Å². The van der Waals surface area contributed by atoms with E-state index in [0.717, 1.165) is 21.6 Å². The molecule has 0 fully saturated rings. The first-order valence-electron chi connectivity index (χ1n) is 5.78. The molecule has 0 saturated carbocycles. The van der Waals surface area contributed by atoms with Crippen molar-refractivity contribution in [3.05, 3.63) is 53.1 Å². The molecule has 0 aliphatic rings. The molecule has 1 aromatic heterocycles. The van der Waals surface area contributed by atoms with Gasteiger partial charge in [0.15, 0.2) is 5.58 Å². The molecule has 1 heterocycles. The number of hydrogen-bond acceptors (Lipinski definition) is 4. The second kappa shape index (κ2) is 5.25. The lowest BCUT2D eigenvalue weighted by Gasteiger charge is -2.05. The zero-order valence-electron chi connectivity index (χ0n) is 9.97. The van der Waals surface area contributed by atoms with Crippen LogP contribution in [-0.4, -0.2) is 4.98 Å². The molecule has 19 heavy (non-hydrogen) atoms. The Bertz CT molecular complexity index is 693. The average Bonchev–Trinajstić information content (AvgIpc) is 2.83.